The Kier molecular flexibility index (Phi) is 9.12. The van der Waals surface area contributed by atoms with Gasteiger partial charge in [0.25, 0.3) is 5.91 Å². The number of aliphatic hydroxyl groups excluding tert-OH is 1. The Balaban J connectivity index is 1.41. The predicted octanol–water partition coefficient (Wildman–Crippen LogP) is 3.85. The lowest BCUT2D eigenvalue weighted by molar-refractivity contribution is 0.0942. The Morgan fingerprint density at radius 2 is 1.85 bits per heavy atom. The van der Waals surface area contributed by atoms with Crippen molar-refractivity contribution in [3.05, 3.63) is 77.4 Å². The van der Waals surface area contributed by atoms with Gasteiger partial charge in [0.1, 0.15) is 10.5 Å². The number of pyridine rings is 1. The number of rotatable bonds is 10. The molecule has 0 bridgehead atoms. The summed E-state index contributed by atoms with van der Waals surface area (Å²) in [6, 6.07) is 18.0. The van der Waals surface area contributed by atoms with Crippen LogP contribution >= 0.6 is 0 Å². The fourth-order valence-electron chi connectivity index (χ4n) is 5.02. The zero-order chi connectivity index (χ0) is 28.9. The minimum atomic E-state index is -3.94. The van der Waals surface area contributed by atoms with Crippen molar-refractivity contribution in [3.63, 3.8) is 0 Å². The summed E-state index contributed by atoms with van der Waals surface area (Å²) < 4.78 is 32.5. The molecule has 0 aliphatic carbocycles. The molecule has 1 unspecified atom stereocenters. The normalized spacial score (nSPS) is 16.3. The average molecular weight is 568 g/mol. The van der Waals surface area contributed by atoms with Crippen LogP contribution < -0.4 is 10.1 Å². The largest absolute Gasteiger partial charge is 0.507 e. The molecular formula is C30H37N3O6S. The van der Waals surface area contributed by atoms with Crippen molar-refractivity contribution in [2.24, 2.45) is 0 Å². The molecule has 0 radical (unpaired) electrons. The maximum atomic E-state index is 13.6. The second kappa shape index (κ2) is 12.4. The number of carbonyl (C=O) groups excluding carboxylic acids is 1. The first-order valence-electron chi connectivity index (χ1n) is 13.5. The maximum absolute atomic E-state index is 13.6. The van der Waals surface area contributed by atoms with Gasteiger partial charge in [-0.3, -0.25) is 4.79 Å². The van der Waals surface area contributed by atoms with E-state index in [1.807, 2.05) is 32.0 Å². The van der Waals surface area contributed by atoms with Gasteiger partial charge in [0.05, 0.1) is 24.5 Å². The average Bonchev–Trinajstić information content (AvgIpc) is 2.96. The summed E-state index contributed by atoms with van der Waals surface area (Å²) in [4.78, 5) is 17.1. The van der Waals surface area contributed by atoms with E-state index in [1.54, 1.807) is 12.1 Å². The molecular weight excluding hydrogens is 530 g/mol. The first kappa shape index (κ1) is 29.5. The third-order valence-electron chi connectivity index (χ3n) is 7.54. The number of nitrogens with one attached hydrogen (secondary N) is 1. The number of carbonyl (C=O) groups is 1. The first-order valence-corrected chi connectivity index (χ1v) is 14.9. The second-order valence-corrected chi connectivity index (χ2v) is 12.8. The molecule has 3 aromatic rings. The third kappa shape index (κ3) is 6.14. The van der Waals surface area contributed by atoms with Gasteiger partial charge >= 0.3 is 0 Å². The zero-order valence-corrected chi connectivity index (χ0v) is 23.9. The number of aromatic hydroxyl groups is 1. The monoisotopic (exact) mass is 567 g/mol. The van der Waals surface area contributed by atoms with Gasteiger partial charge in [0.2, 0.25) is 15.9 Å². The molecule has 1 aliphatic rings. The van der Waals surface area contributed by atoms with E-state index in [2.05, 4.69) is 28.5 Å². The number of aliphatic hydroxyl groups is 1. The molecule has 0 spiro atoms. The summed E-state index contributed by atoms with van der Waals surface area (Å²) in [5, 5.41) is 22.6. The van der Waals surface area contributed by atoms with Gasteiger partial charge in [-0.1, -0.05) is 36.4 Å². The van der Waals surface area contributed by atoms with E-state index in [0.29, 0.717) is 38.4 Å². The fourth-order valence-corrected chi connectivity index (χ4v) is 6.75. The van der Waals surface area contributed by atoms with Crippen LogP contribution in [0.2, 0.25) is 0 Å². The number of phenolic OH excluding ortho intramolecular Hbond substituents is 1. The number of ether oxygens (including phenoxy) is 1. The van der Waals surface area contributed by atoms with Crippen LogP contribution in [0.25, 0.3) is 11.3 Å². The van der Waals surface area contributed by atoms with Crippen molar-refractivity contribution in [1.82, 2.24) is 14.6 Å². The molecule has 214 valence electrons. The number of amides is 1. The lowest BCUT2D eigenvalue weighted by atomic mass is 9.88. The van der Waals surface area contributed by atoms with Crippen molar-refractivity contribution >= 4 is 15.9 Å². The molecule has 9 nitrogen and oxygen atoms in total. The minimum absolute atomic E-state index is 0.0418. The van der Waals surface area contributed by atoms with Crippen LogP contribution in [0.4, 0.5) is 0 Å². The standard InChI is InChI=1S/C30H37N3O6S/c1-4-39-28-11-7-9-26(32-28)24-13-12-23(18-21(24)2)22-14-16-33(17-15-22)40(37,38)30(3,20-34)19-31-29(36)25-8-5-6-10-27(25)35/h5-13,18,22,34-35H,4,14-17,19-20H2,1-3H3,(H,31,36). The molecule has 1 fully saturated rings. The molecule has 1 aliphatic heterocycles. The highest BCUT2D eigenvalue weighted by atomic mass is 32.2. The topological polar surface area (TPSA) is 129 Å². The molecule has 4 rings (SSSR count). The molecule has 1 amide bonds. The molecule has 2 aromatic carbocycles. The molecule has 2 heterocycles. The zero-order valence-electron chi connectivity index (χ0n) is 23.1. The van der Waals surface area contributed by atoms with Crippen molar-refractivity contribution in [1.29, 1.82) is 0 Å². The van der Waals surface area contributed by atoms with Crippen molar-refractivity contribution in [3.8, 4) is 22.9 Å². The molecule has 40 heavy (non-hydrogen) atoms. The van der Waals surface area contributed by atoms with Gasteiger partial charge in [-0.25, -0.2) is 17.7 Å². The Hall–Kier alpha value is -3.47. The number of para-hydroxylation sites is 1. The van der Waals surface area contributed by atoms with Gasteiger partial charge in [-0.15, -0.1) is 0 Å². The number of nitrogens with zero attached hydrogens (tertiary/aromatic N) is 2. The van der Waals surface area contributed by atoms with E-state index < -0.39 is 27.3 Å². The van der Waals surface area contributed by atoms with Crippen molar-refractivity contribution in [2.75, 3.05) is 32.8 Å². The van der Waals surface area contributed by atoms with Crippen LogP contribution in [0.3, 0.4) is 0 Å². The van der Waals surface area contributed by atoms with E-state index >= 15 is 0 Å². The van der Waals surface area contributed by atoms with Crippen LogP contribution in [0.5, 0.6) is 11.6 Å². The van der Waals surface area contributed by atoms with Crippen LogP contribution in [0.15, 0.2) is 60.7 Å². The number of hydrogen-bond donors (Lipinski definition) is 3. The summed E-state index contributed by atoms with van der Waals surface area (Å²) in [5.41, 5.74) is 4.14. The predicted molar refractivity (Wildman–Crippen MR) is 154 cm³/mol. The number of sulfonamides is 1. The summed E-state index contributed by atoms with van der Waals surface area (Å²) >= 11 is 0. The van der Waals surface area contributed by atoms with Crippen LogP contribution in [0, 0.1) is 6.92 Å². The SMILES string of the molecule is CCOc1cccc(-c2ccc(C3CCN(S(=O)(=O)C(C)(CO)CNC(=O)c4ccccc4O)CC3)cc2C)n1. The highest BCUT2D eigenvalue weighted by Gasteiger charge is 2.44. The Labute approximate surface area is 235 Å². The quantitative estimate of drug-likeness (QED) is 0.339. The van der Waals surface area contributed by atoms with Gasteiger partial charge in [-0.05, 0) is 68.9 Å². The molecule has 0 saturated carbocycles. The summed E-state index contributed by atoms with van der Waals surface area (Å²) in [6.07, 6.45) is 1.28. The Morgan fingerprint density at radius 3 is 2.50 bits per heavy atom. The lowest BCUT2D eigenvalue weighted by Gasteiger charge is -2.38. The number of benzene rings is 2. The number of phenols is 1. The fraction of sp³-hybridized carbons (Fsp3) is 0.400. The molecule has 1 aromatic heterocycles. The number of hydrogen-bond acceptors (Lipinski definition) is 7. The van der Waals surface area contributed by atoms with E-state index in [1.165, 1.54) is 23.4 Å². The van der Waals surface area contributed by atoms with E-state index in [9.17, 15) is 23.4 Å². The molecule has 1 saturated heterocycles. The summed E-state index contributed by atoms with van der Waals surface area (Å²) in [5.74, 6) is -0.0210. The van der Waals surface area contributed by atoms with E-state index in [4.69, 9.17) is 4.74 Å². The third-order valence-corrected chi connectivity index (χ3v) is 10.1. The van der Waals surface area contributed by atoms with Crippen molar-refractivity contribution < 1.29 is 28.2 Å². The molecule has 10 heteroatoms. The summed E-state index contributed by atoms with van der Waals surface area (Å²) in [6.45, 7) is 5.62. The summed E-state index contributed by atoms with van der Waals surface area (Å²) in [7, 11) is -3.94. The maximum Gasteiger partial charge on any atom is 0.255 e. The minimum Gasteiger partial charge on any atom is -0.507 e. The van der Waals surface area contributed by atoms with Crippen LogP contribution in [-0.2, 0) is 10.0 Å². The lowest BCUT2D eigenvalue weighted by Crippen LogP contribution is -2.56. The van der Waals surface area contributed by atoms with E-state index in [-0.39, 0.29) is 23.8 Å². The second-order valence-electron chi connectivity index (χ2n) is 10.4. The first-order chi connectivity index (χ1) is 19.1. The number of aryl methyl sites for hydroxylation is 1. The van der Waals surface area contributed by atoms with Crippen molar-refractivity contribution in [2.45, 2.75) is 44.3 Å². The van der Waals surface area contributed by atoms with Gasteiger partial charge in [-0.2, -0.15) is 0 Å². The smallest absolute Gasteiger partial charge is 0.255 e. The van der Waals surface area contributed by atoms with Gasteiger partial charge < -0.3 is 20.3 Å². The highest BCUT2D eigenvalue weighted by Crippen LogP contribution is 2.34. The van der Waals surface area contributed by atoms with E-state index in [0.717, 1.165) is 22.4 Å². The Bertz CT molecular complexity index is 1450. The number of aromatic nitrogens is 1. The molecule has 3 N–H and O–H groups in total. The number of piperidine rings is 1. The molecule has 1 atom stereocenters. The Morgan fingerprint density at radius 1 is 1.12 bits per heavy atom. The van der Waals surface area contributed by atoms with Gasteiger partial charge in [0.15, 0.2) is 0 Å². The van der Waals surface area contributed by atoms with Crippen LogP contribution in [-0.4, -0.2) is 71.4 Å². The highest BCUT2D eigenvalue weighted by molar-refractivity contribution is 7.90. The van der Waals surface area contributed by atoms with Gasteiger partial charge in [0, 0.05) is 31.3 Å². The van der Waals surface area contributed by atoms with Crippen LogP contribution in [0.1, 0.15) is 54.1 Å².